The van der Waals surface area contributed by atoms with E-state index in [0.717, 1.165) is 16.9 Å². The van der Waals surface area contributed by atoms with E-state index in [0.29, 0.717) is 11.2 Å². The van der Waals surface area contributed by atoms with Crippen molar-refractivity contribution in [3.05, 3.63) is 76.2 Å². The number of anilines is 1. The predicted octanol–water partition coefficient (Wildman–Crippen LogP) is 2.19. The minimum atomic E-state index is -0.757. The largest absolute Gasteiger partial charge is 0.497 e. The van der Waals surface area contributed by atoms with E-state index in [1.165, 1.54) is 9.13 Å². The first-order valence-corrected chi connectivity index (χ1v) is 10.2. The van der Waals surface area contributed by atoms with Crippen LogP contribution in [0.3, 0.4) is 0 Å². The van der Waals surface area contributed by atoms with Crippen LogP contribution >= 0.6 is 0 Å². The summed E-state index contributed by atoms with van der Waals surface area (Å²) in [6, 6.07) is 17.0. The lowest BCUT2D eigenvalue weighted by molar-refractivity contribution is 0.173. The lowest BCUT2D eigenvalue weighted by atomic mass is 10.2. The van der Waals surface area contributed by atoms with Crippen LogP contribution < -0.4 is 20.9 Å². The summed E-state index contributed by atoms with van der Waals surface area (Å²) < 4.78 is 14.1. The second-order valence-electron chi connectivity index (χ2n) is 7.51. The SMILES string of the molecule is COc1ccc(Cn2c(=O)n(CC(C)O)c3c(OCc4ccccc4)nc(N)nc32)cc1. The van der Waals surface area contributed by atoms with E-state index in [2.05, 4.69) is 9.97 Å². The van der Waals surface area contributed by atoms with Crippen molar-refractivity contribution in [2.24, 2.45) is 0 Å². The zero-order chi connectivity index (χ0) is 22.7. The summed E-state index contributed by atoms with van der Waals surface area (Å²) in [4.78, 5) is 21.9. The third-order valence-corrected chi connectivity index (χ3v) is 5.00. The highest BCUT2D eigenvalue weighted by atomic mass is 16.5. The molecule has 4 aromatic rings. The normalized spacial score (nSPS) is 12.1. The minimum Gasteiger partial charge on any atom is -0.497 e. The number of hydrogen-bond donors (Lipinski definition) is 2. The Morgan fingerprint density at radius 2 is 1.75 bits per heavy atom. The molecule has 166 valence electrons. The van der Waals surface area contributed by atoms with Crippen LogP contribution in [-0.2, 0) is 19.7 Å². The van der Waals surface area contributed by atoms with E-state index in [1.54, 1.807) is 14.0 Å². The van der Waals surface area contributed by atoms with E-state index in [9.17, 15) is 9.90 Å². The predicted molar refractivity (Wildman–Crippen MR) is 121 cm³/mol. The van der Waals surface area contributed by atoms with Crippen LogP contribution in [0.25, 0.3) is 11.2 Å². The molecule has 4 rings (SSSR count). The zero-order valence-electron chi connectivity index (χ0n) is 17.9. The van der Waals surface area contributed by atoms with E-state index >= 15 is 0 Å². The second kappa shape index (κ2) is 9.11. The number of hydrogen-bond acceptors (Lipinski definition) is 7. The highest BCUT2D eigenvalue weighted by Gasteiger charge is 2.22. The van der Waals surface area contributed by atoms with Gasteiger partial charge in [-0.15, -0.1) is 0 Å². The molecule has 0 aliphatic heterocycles. The number of nitrogens with two attached hydrogens (primary N) is 1. The monoisotopic (exact) mass is 435 g/mol. The quantitative estimate of drug-likeness (QED) is 0.436. The molecule has 1 atom stereocenters. The Hall–Kier alpha value is -3.85. The zero-order valence-corrected chi connectivity index (χ0v) is 17.9. The molecule has 0 saturated carbocycles. The van der Waals surface area contributed by atoms with Crippen molar-refractivity contribution in [1.82, 2.24) is 19.1 Å². The molecular weight excluding hydrogens is 410 g/mol. The fraction of sp³-hybridized carbons (Fsp3) is 0.261. The Morgan fingerprint density at radius 1 is 1.03 bits per heavy atom. The van der Waals surface area contributed by atoms with Crippen molar-refractivity contribution in [3.63, 3.8) is 0 Å². The number of nitrogens with zero attached hydrogens (tertiary/aromatic N) is 4. The Morgan fingerprint density at radius 3 is 2.41 bits per heavy atom. The molecule has 0 aliphatic rings. The molecule has 1 unspecified atom stereocenters. The van der Waals surface area contributed by atoms with Gasteiger partial charge in [-0.05, 0) is 30.2 Å². The molecule has 2 aromatic heterocycles. The van der Waals surface area contributed by atoms with Crippen molar-refractivity contribution in [3.8, 4) is 11.6 Å². The Bertz CT molecular complexity index is 1260. The number of nitrogen functional groups attached to an aromatic ring is 1. The number of ether oxygens (including phenoxy) is 2. The Kier molecular flexibility index (Phi) is 6.09. The van der Waals surface area contributed by atoms with Gasteiger partial charge in [-0.1, -0.05) is 42.5 Å². The van der Waals surface area contributed by atoms with Gasteiger partial charge in [0.25, 0.3) is 0 Å². The maximum atomic E-state index is 13.3. The number of fused-ring (bicyclic) bond motifs is 1. The van der Waals surface area contributed by atoms with Crippen LogP contribution in [0.1, 0.15) is 18.1 Å². The van der Waals surface area contributed by atoms with Gasteiger partial charge in [0.1, 0.15) is 12.4 Å². The van der Waals surface area contributed by atoms with Crippen LogP contribution in [-0.4, -0.2) is 37.4 Å². The average molecular weight is 435 g/mol. The molecule has 32 heavy (non-hydrogen) atoms. The molecule has 3 N–H and O–H groups in total. The first kappa shape index (κ1) is 21.4. The van der Waals surface area contributed by atoms with E-state index < -0.39 is 6.10 Å². The summed E-state index contributed by atoms with van der Waals surface area (Å²) in [5.74, 6) is 0.918. The summed E-state index contributed by atoms with van der Waals surface area (Å²) in [5.41, 5.74) is 8.20. The molecule has 0 spiro atoms. The molecule has 0 aliphatic carbocycles. The van der Waals surface area contributed by atoms with Crippen LogP contribution in [0.5, 0.6) is 11.6 Å². The van der Waals surface area contributed by atoms with Crippen molar-refractivity contribution < 1.29 is 14.6 Å². The molecular formula is C23H25N5O4. The van der Waals surface area contributed by atoms with Crippen molar-refractivity contribution in [2.75, 3.05) is 12.8 Å². The first-order valence-electron chi connectivity index (χ1n) is 10.2. The maximum Gasteiger partial charge on any atom is 0.330 e. The fourth-order valence-corrected chi connectivity index (χ4v) is 3.51. The van der Waals surface area contributed by atoms with Gasteiger partial charge in [0, 0.05) is 0 Å². The van der Waals surface area contributed by atoms with Crippen molar-refractivity contribution >= 4 is 17.1 Å². The summed E-state index contributed by atoms with van der Waals surface area (Å²) in [6.07, 6.45) is -0.757. The van der Waals surface area contributed by atoms with Crippen LogP contribution in [0, 0.1) is 0 Å². The number of aliphatic hydroxyl groups is 1. The molecule has 2 heterocycles. The molecule has 9 nitrogen and oxygen atoms in total. The highest BCUT2D eigenvalue weighted by molar-refractivity contribution is 5.78. The fourth-order valence-electron chi connectivity index (χ4n) is 3.51. The average Bonchev–Trinajstić information content (AvgIpc) is 3.04. The third-order valence-electron chi connectivity index (χ3n) is 5.00. The maximum absolute atomic E-state index is 13.3. The third kappa shape index (κ3) is 4.42. The number of rotatable bonds is 8. The molecule has 0 saturated heterocycles. The second-order valence-corrected chi connectivity index (χ2v) is 7.51. The Labute approximate surface area is 184 Å². The number of methoxy groups -OCH3 is 1. The Balaban J connectivity index is 1.80. The number of aliphatic hydroxyl groups excluding tert-OH is 1. The topological polar surface area (TPSA) is 117 Å². The van der Waals surface area contributed by atoms with Gasteiger partial charge in [-0.3, -0.25) is 9.13 Å². The van der Waals surface area contributed by atoms with Gasteiger partial charge in [0.2, 0.25) is 11.8 Å². The van der Waals surface area contributed by atoms with Crippen LogP contribution in [0.15, 0.2) is 59.4 Å². The molecule has 0 amide bonds. The lowest BCUT2D eigenvalue weighted by Crippen LogP contribution is -2.28. The van der Waals surface area contributed by atoms with Gasteiger partial charge in [0.15, 0.2) is 11.2 Å². The lowest BCUT2D eigenvalue weighted by Gasteiger charge is -2.10. The van der Waals surface area contributed by atoms with E-state index in [4.69, 9.17) is 15.2 Å². The number of benzene rings is 2. The van der Waals surface area contributed by atoms with Gasteiger partial charge < -0.3 is 20.3 Å². The van der Waals surface area contributed by atoms with Gasteiger partial charge in [0.05, 0.1) is 26.3 Å². The van der Waals surface area contributed by atoms with Gasteiger partial charge >= 0.3 is 5.69 Å². The highest BCUT2D eigenvalue weighted by Crippen LogP contribution is 2.25. The standard InChI is InChI=1S/C23H25N5O4/c1-15(29)12-27-19-20(28(23(27)30)13-16-8-10-18(31-2)11-9-16)25-22(24)26-21(19)32-14-17-6-4-3-5-7-17/h3-11,15,29H,12-14H2,1-2H3,(H2,24,25,26). The molecule has 9 heteroatoms. The van der Waals surface area contributed by atoms with Crippen molar-refractivity contribution in [1.29, 1.82) is 0 Å². The van der Waals surface area contributed by atoms with Crippen LogP contribution in [0.4, 0.5) is 5.95 Å². The number of aromatic nitrogens is 4. The number of imidazole rings is 1. The minimum absolute atomic E-state index is 0.00163. The van der Waals surface area contributed by atoms with Crippen LogP contribution in [0.2, 0.25) is 0 Å². The molecule has 0 bridgehead atoms. The van der Waals surface area contributed by atoms with Crippen molar-refractivity contribution in [2.45, 2.75) is 32.7 Å². The smallest absolute Gasteiger partial charge is 0.330 e. The molecule has 0 radical (unpaired) electrons. The molecule has 0 fully saturated rings. The molecule has 2 aromatic carbocycles. The summed E-state index contributed by atoms with van der Waals surface area (Å²) >= 11 is 0. The summed E-state index contributed by atoms with van der Waals surface area (Å²) in [7, 11) is 1.60. The summed E-state index contributed by atoms with van der Waals surface area (Å²) in [6.45, 7) is 2.20. The first-order chi connectivity index (χ1) is 15.5. The van der Waals surface area contributed by atoms with Gasteiger partial charge in [-0.25, -0.2) is 4.79 Å². The van der Waals surface area contributed by atoms with E-state index in [-0.39, 0.29) is 37.2 Å². The van der Waals surface area contributed by atoms with Gasteiger partial charge in [-0.2, -0.15) is 9.97 Å². The summed E-state index contributed by atoms with van der Waals surface area (Å²) in [5, 5.41) is 10.0. The van der Waals surface area contributed by atoms with E-state index in [1.807, 2.05) is 54.6 Å².